The van der Waals surface area contributed by atoms with Crippen LogP contribution >= 0.6 is 8.16 Å². The van der Waals surface area contributed by atoms with E-state index in [-0.39, 0.29) is 12.1 Å². The molecule has 0 aliphatic rings. The van der Waals surface area contributed by atoms with E-state index in [2.05, 4.69) is 159 Å². The van der Waals surface area contributed by atoms with Gasteiger partial charge >= 0.3 is 8.16 Å². The molecule has 7 rings (SSSR count). The Labute approximate surface area is 262 Å². The highest BCUT2D eigenvalue weighted by atomic mass is 31.1. The van der Waals surface area contributed by atoms with Crippen molar-refractivity contribution in [2.75, 3.05) is 4.67 Å². The van der Waals surface area contributed by atoms with Gasteiger partial charge in [0, 0.05) is 22.9 Å². The lowest BCUT2D eigenvalue weighted by Gasteiger charge is -2.31. The van der Waals surface area contributed by atoms with E-state index in [0.717, 1.165) is 28.0 Å². The quantitative estimate of drug-likeness (QED) is 0.168. The van der Waals surface area contributed by atoms with Crippen LogP contribution in [0.4, 0.5) is 0 Å². The van der Waals surface area contributed by atoms with E-state index in [1.807, 2.05) is 0 Å². The van der Waals surface area contributed by atoms with Crippen LogP contribution in [0.2, 0.25) is 12.6 Å². The molecule has 3 atom stereocenters. The second-order valence-corrected chi connectivity index (χ2v) is 15.7. The zero-order chi connectivity index (χ0) is 30.2. The maximum Gasteiger partial charge on any atom is 0.310 e. The molecule has 0 amide bonds. The molecule has 1 aromatic heterocycles. The highest BCUT2D eigenvalue weighted by Gasteiger charge is 2.30. The summed E-state index contributed by atoms with van der Waals surface area (Å²) in [5.74, 6) is 0. The van der Waals surface area contributed by atoms with Crippen molar-refractivity contribution in [3.8, 4) is 0 Å². The third kappa shape index (κ3) is 5.07. The van der Waals surface area contributed by atoms with Gasteiger partial charge in [0.25, 0.3) is 0 Å². The Morgan fingerprint density at radius 2 is 1.18 bits per heavy atom. The maximum atomic E-state index is 7.39. The number of hydrogen-bond donors (Lipinski definition) is 0. The molecule has 44 heavy (non-hydrogen) atoms. The third-order valence-corrected chi connectivity index (χ3v) is 13.1. The minimum absolute atomic E-state index is 0.0458. The van der Waals surface area contributed by atoms with E-state index in [0.29, 0.717) is 0 Å². The summed E-state index contributed by atoms with van der Waals surface area (Å²) in [5.41, 5.74) is 4.35. The predicted octanol–water partition coefficient (Wildman–Crippen LogP) is 11.4. The molecule has 0 saturated carbocycles. The Hall–Kier alpha value is -4.08. The Kier molecular flexibility index (Phi) is 7.90. The van der Waals surface area contributed by atoms with E-state index in [9.17, 15) is 0 Å². The van der Waals surface area contributed by atoms with Gasteiger partial charge in [-0.3, -0.25) is 0 Å². The summed E-state index contributed by atoms with van der Waals surface area (Å²) >= 11 is 0. The van der Waals surface area contributed by atoms with Gasteiger partial charge in [0.05, 0.1) is 8.80 Å². The van der Waals surface area contributed by atoms with Gasteiger partial charge in [0.1, 0.15) is 11.2 Å². The van der Waals surface area contributed by atoms with Crippen molar-refractivity contribution >= 4 is 65.6 Å². The molecule has 5 heteroatoms. The summed E-state index contributed by atoms with van der Waals surface area (Å²) < 4.78 is 17.0. The normalized spacial score (nSPS) is 13.7. The first-order valence-corrected chi connectivity index (χ1v) is 18.8. The summed E-state index contributed by atoms with van der Waals surface area (Å²) in [6.45, 7) is 9.27. The number of nitrogens with zero attached hydrogens (tertiary/aromatic N) is 1. The fourth-order valence-electron chi connectivity index (χ4n) is 6.43. The highest BCUT2D eigenvalue weighted by molar-refractivity contribution is 7.39. The molecule has 219 valence electrons. The molecule has 0 spiro atoms. The molecule has 0 saturated heterocycles. The molecule has 1 radical (unpaired) electrons. The number of fused-ring (bicyclic) bond motifs is 7. The lowest BCUT2D eigenvalue weighted by molar-refractivity contribution is 0.559. The first-order valence-electron chi connectivity index (χ1n) is 15.5. The van der Waals surface area contributed by atoms with Gasteiger partial charge in [-0.15, -0.1) is 0 Å². The monoisotopic (exact) mass is 610 g/mol. The van der Waals surface area contributed by atoms with Crippen molar-refractivity contribution < 1.29 is 8.39 Å². The zero-order valence-electron chi connectivity index (χ0n) is 25.7. The highest BCUT2D eigenvalue weighted by Crippen LogP contribution is 2.47. The van der Waals surface area contributed by atoms with Crippen LogP contribution in [0.5, 0.6) is 0 Å². The Bertz CT molecular complexity index is 2080. The van der Waals surface area contributed by atoms with Crippen molar-refractivity contribution in [2.45, 2.75) is 45.4 Å². The van der Waals surface area contributed by atoms with E-state index in [1.165, 1.54) is 37.9 Å². The molecular weight excluding hydrogens is 573 g/mol. The number of hydrogen-bond acceptors (Lipinski definition) is 3. The number of rotatable bonds is 7. The molecule has 6 aromatic carbocycles. The predicted molar refractivity (Wildman–Crippen MR) is 191 cm³/mol. The van der Waals surface area contributed by atoms with Crippen LogP contribution in [0.15, 0.2) is 136 Å². The average molecular weight is 611 g/mol. The first kappa shape index (κ1) is 28.7. The van der Waals surface area contributed by atoms with Crippen LogP contribution in [0.1, 0.15) is 44.0 Å². The van der Waals surface area contributed by atoms with Crippen LogP contribution in [0.25, 0.3) is 43.5 Å². The summed E-state index contributed by atoms with van der Waals surface area (Å²) in [6.07, 6.45) is 0. The smallest absolute Gasteiger partial charge is 0.310 e. The molecule has 0 aliphatic heterocycles. The minimum atomic E-state index is -1.57. The van der Waals surface area contributed by atoms with Crippen molar-refractivity contribution in [3.63, 3.8) is 0 Å². The summed E-state index contributed by atoms with van der Waals surface area (Å²) in [4.78, 5) is 0. The number of benzene rings is 6. The molecular formula is C39H37NO2PSi. The summed E-state index contributed by atoms with van der Waals surface area (Å²) in [6, 6.07) is 46.8. The van der Waals surface area contributed by atoms with Gasteiger partial charge in [-0.1, -0.05) is 141 Å². The molecule has 7 aromatic rings. The molecule has 0 bridgehead atoms. The second-order valence-electron chi connectivity index (χ2n) is 11.6. The maximum absolute atomic E-state index is 7.39. The summed E-state index contributed by atoms with van der Waals surface area (Å²) in [7, 11) is -2.46. The third-order valence-electron chi connectivity index (χ3n) is 9.02. The van der Waals surface area contributed by atoms with E-state index in [4.69, 9.17) is 8.39 Å². The molecule has 0 aliphatic carbocycles. The molecule has 0 N–H and O–H groups in total. The van der Waals surface area contributed by atoms with Gasteiger partial charge in [-0.05, 0) is 57.8 Å². The van der Waals surface area contributed by atoms with Gasteiger partial charge in [-0.2, -0.15) is 4.67 Å². The van der Waals surface area contributed by atoms with Gasteiger partial charge in [-0.25, -0.2) is 0 Å². The van der Waals surface area contributed by atoms with Crippen LogP contribution < -0.4 is 9.86 Å². The molecule has 1 unspecified atom stereocenters. The Morgan fingerprint density at radius 3 is 1.80 bits per heavy atom. The average Bonchev–Trinajstić information content (AvgIpc) is 3.26. The largest absolute Gasteiger partial charge is 0.408 e. The Morgan fingerprint density at radius 1 is 0.636 bits per heavy atom. The fraction of sp³-hybridized carbons (Fsp3) is 0.179. The second kappa shape index (κ2) is 12.1. The van der Waals surface area contributed by atoms with Crippen molar-refractivity contribution in [2.24, 2.45) is 0 Å². The summed E-state index contributed by atoms with van der Waals surface area (Å²) in [5, 5.41) is 8.47. The van der Waals surface area contributed by atoms with Crippen LogP contribution in [0.3, 0.4) is 0 Å². The van der Waals surface area contributed by atoms with Gasteiger partial charge in [0.15, 0.2) is 0 Å². The Balaban J connectivity index is 1.66. The van der Waals surface area contributed by atoms with Crippen LogP contribution in [-0.4, -0.2) is 8.80 Å². The molecule has 0 fully saturated rings. The lowest BCUT2D eigenvalue weighted by Crippen LogP contribution is -2.28. The van der Waals surface area contributed by atoms with Crippen LogP contribution in [0, 0.1) is 0 Å². The molecule has 1 heterocycles. The first-order chi connectivity index (χ1) is 21.5. The zero-order valence-corrected chi connectivity index (χ0v) is 27.6. The minimum Gasteiger partial charge on any atom is -0.408 e. The van der Waals surface area contributed by atoms with Crippen molar-refractivity contribution in [3.05, 3.63) is 139 Å². The van der Waals surface area contributed by atoms with Gasteiger partial charge in [0.2, 0.25) is 0 Å². The fourth-order valence-corrected chi connectivity index (χ4v) is 9.58. The van der Waals surface area contributed by atoms with E-state index >= 15 is 0 Å². The van der Waals surface area contributed by atoms with Gasteiger partial charge < -0.3 is 8.39 Å². The van der Waals surface area contributed by atoms with E-state index in [1.54, 1.807) is 0 Å². The molecule has 3 nitrogen and oxygen atoms in total. The van der Waals surface area contributed by atoms with E-state index < -0.39 is 17.0 Å². The van der Waals surface area contributed by atoms with Crippen molar-refractivity contribution in [1.82, 2.24) is 0 Å². The standard InChI is InChI=1S/C39H37NO2PSi/c1-5-44(4)36-26-32-21-13-15-23-34(32)38-37-33-22-14-12-20-31(33)24-25-35(37)41-43(42-39(36)38)40(27(2)29-16-8-6-9-17-29)28(3)30-18-10-7-11-19-30/h6-28H,5H2,1-4H3/t27-,28-,43?/m1/s1. The SMILES string of the molecule is CC[Si](C)c1cc2ccccc2c2c1op(N([C@H](C)c1ccccc1)[C@H](C)c1ccccc1)oc1ccc3ccccc3c12. The van der Waals surface area contributed by atoms with Crippen LogP contribution in [-0.2, 0) is 0 Å². The van der Waals surface area contributed by atoms with Crippen molar-refractivity contribution in [1.29, 1.82) is 0 Å². The lowest BCUT2D eigenvalue weighted by atomic mass is 9.99. The topological polar surface area (TPSA) is 29.5 Å².